The minimum atomic E-state index is 0.616. The van der Waals surface area contributed by atoms with Gasteiger partial charge in [0.25, 0.3) is 0 Å². The lowest BCUT2D eigenvalue weighted by Gasteiger charge is -2.34. The van der Waals surface area contributed by atoms with E-state index < -0.39 is 0 Å². The largest absolute Gasteiger partial charge is 0.314 e. The molecular formula is C14H25N5. The average Bonchev–Trinajstić information content (AvgIpc) is 2.98. The number of rotatable bonds is 4. The van der Waals surface area contributed by atoms with Crippen LogP contribution in [0.1, 0.15) is 32.5 Å². The molecule has 0 spiro atoms. The average molecular weight is 263 g/mol. The molecule has 3 heterocycles. The van der Waals surface area contributed by atoms with E-state index >= 15 is 0 Å². The Balaban J connectivity index is 1.60. The second-order valence-electron chi connectivity index (χ2n) is 6.39. The summed E-state index contributed by atoms with van der Waals surface area (Å²) < 4.78 is 2.07. The minimum Gasteiger partial charge on any atom is -0.314 e. The summed E-state index contributed by atoms with van der Waals surface area (Å²) in [4.78, 5) is 6.99. The predicted molar refractivity (Wildman–Crippen MR) is 74.7 cm³/mol. The summed E-state index contributed by atoms with van der Waals surface area (Å²) in [5.41, 5.74) is 0. The number of hydrogen-bond acceptors (Lipinski definition) is 4. The second kappa shape index (κ2) is 5.59. The van der Waals surface area contributed by atoms with Gasteiger partial charge < -0.3 is 5.32 Å². The van der Waals surface area contributed by atoms with E-state index in [-0.39, 0.29) is 0 Å². The Morgan fingerprint density at radius 3 is 3.16 bits per heavy atom. The molecule has 5 nitrogen and oxygen atoms in total. The van der Waals surface area contributed by atoms with Gasteiger partial charge in [-0.05, 0) is 31.2 Å². The summed E-state index contributed by atoms with van der Waals surface area (Å²) in [5.74, 6) is 2.58. The lowest BCUT2D eigenvalue weighted by molar-refractivity contribution is 0.150. The van der Waals surface area contributed by atoms with E-state index in [0.29, 0.717) is 5.92 Å². The Morgan fingerprint density at radius 1 is 1.42 bits per heavy atom. The number of nitrogens with zero attached hydrogens (tertiary/aromatic N) is 4. The zero-order valence-electron chi connectivity index (χ0n) is 12.0. The van der Waals surface area contributed by atoms with Crippen molar-refractivity contribution in [3.63, 3.8) is 0 Å². The number of aromatic nitrogens is 3. The Morgan fingerprint density at radius 2 is 2.32 bits per heavy atom. The summed E-state index contributed by atoms with van der Waals surface area (Å²) in [7, 11) is 0. The summed E-state index contributed by atoms with van der Waals surface area (Å²) in [6.07, 6.45) is 4.31. The molecule has 2 saturated heterocycles. The third-order valence-corrected chi connectivity index (χ3v) is 4.34. The molecule has 2 aliphatic rings. The van der Waals surface area contributed by atoms with Crippen molar-refractivity contribution in [3.05, 3.63) is 12.2 Å². The zero-order valence-corrected chi connectivity index (χ0v) is 12.0. The Bertz CT molecular complexity index is 414. The standard InChI is InChI=1S/C14H25N5/c1-11(2)7-19-14(16-10-17-19)9-18-6-4-13-12(8-18)3-5-15-13/h10-13,15H,3-9H2,1-2H3. The monoisotopic (exact) mass is 263 g/mol. The van der Waals surface area contributed by atoms with Crippen LogP contribution in [0, 0.1) is 11.8 Å². The molecule has 0 amide bonds. The molecule has 5 heteroatoms. The highest BCUT2D eigenvalue weighted by molar-refractivity contribution is 4.93. The Kier molecular flexibility index (Phi) is 3.84. The topological polar surface area (TPSA) is 46.0 Å². The van der Waals surface area contributed by atoms with Gasteiger partial charge in [-0.3, -0.25) is 4.90 Å². The molecule has 19 heavy (non-hydrogen) atoms. The Hall–Kier alpha value is -0.940. The van der Waals surface area contributed by atoms with Crippen LogP contribution in [0.4, 0.5) is 0 Å². The number of fused-ring (bicyclic) bond motifs is 1. The molecule has 1 N–H and O–H groups in total. The summed E-state index contributed by atoms with van der Waals surface area (Å²) in [6, 6.07) is 0.768. The fraction of sp³-hybridized carbons (Fsp3) is 0.857. The lowest BCUT2D eigenvalue weighted by atomic mass is 9.93. The highest BCUT2D eigenvalue weighted by atomic mass is 15.3. The van der Waals surface area contributed by atoms with Gasteiger partial charge >= 0.3 is 0 Å². The second-order valence-corrected chi connectivity index (χ2v) is 6.39. The SMILES string of the molecule is CC(C)Cn1ncnc1CN1CCC2NCCC2C1. The number of hydrogen-bond donors (Lipinski definition) is 1. The summed E-state index contributed by atoms with van der Waals surface area (Å²) in [5, 5.41) is 7.97. The minimum absolute atomic E-state index is 0.616. The van der Waals surface area contributed by atoms with Crippen molar-refractivity contribution in [2.24, 2.45) is 11.8 Å². The van der Waals surface area contributed by atoms with Gasteiger partial charge in [0.1, 0.15) is 12.2 Å². The van der Waals surface area contributed by atoms with Crippen LogP contribution in [0.5, 0.6) is 0 Å². The smallest absolute Gasteiger partial charge is 0.141 e. The predicted octanol–water partition coefficient (Wildman–Crippen LogP) is 1.12. The van der Waals surface area contributed by atoms with Gasteiger partial charge in [-0.1, -0.05) is 13.8 Å². The Labute approximate surface area is 115 Å². The van der Waals surface area contributed by atoms with Crippen LogP contribution in [-0.2, 0) is 13.1 Å². The zero-order chi connectivity index (χ0) is 13.2. The van der Waals surface area contributed by atoms with Crippen molar-refractivity contribution in [2.45, 2.75) is 45.8 Å². The molecule has 2 aliphatic heterocycles. The van der Waals surface area contributed by atoms with E-state index in [1.54, 1.807) is 6.33 Å². The fourth-order valence-corrected chi connectivity index (χ4v) is 3.38. The van der Waals surface area contributed by atoms with E-state index in [1.165, 1.54) is 32.5 Å². The lowest BCUT2D eigenvalue weighted by Crippen LogP contribution is -2.44. The molecular weight excluding hydrogens is 238 g/mol. The molecule has 0 radical (unpaired) electrons. The van der Waals surface area contributed by atoms with Crippen molar-refractivity contribution >= 4 is 0 Å². The van der Waals surface area contributed by atoms with E-state index in [4.69, 9.17) is 0 Å². The molecule has 0 bridgehead atoms. The van der Waals surface area contributed by atoms with Gasteiger partial charge in [0.05, 0.1) is 6.54 Å². The molecule has 1 aromatic rings. The van der Waals surface area contributed by atoms with Gasteiger partial charge in [0.15, 0.2) is 0 Å². The van der Waals surface area contributed by atoms with E-state index in [0.717, 1.165) is 30.9 Å². The van der Waals surface area contributed by atoms with Gasteiger partial charge in [0, 0.05) is 25.7 Å². The van der Waals surface area contributed by atoms with E-state index in [9.17, 15) is 0 Å². The van der Waals surface area contributed by atoms with Crippen molar-refractivity contribution in [2.75, 3.05) is 19.6 Å². The third kappa shape index (κ3) is 2.98. The van der Waals surface area contributed by atoms with Crippen LogP contribution in [-0.4, -0.2) is 45.3 Å². The van der Waals surface area contributed by atoms with Crippen LogP contribution in [0.2, 0.25) is 0 Å². The quantitative estimate of drug-likeness (QED) is 0.884. The van der Waals surface area contributed by atoms with Crippen molar-refractivity contribution < 1.29 is 0 Å². The van der Waals surface area contributed by atoms with Crippen LogP contribution >= 0.6 is 0 Å². The molecule has 2 fully saturated rings. The van der Waals surface area contributed by atoms with Crippen LogP contribution in [0.15, 0.2) is 6.33 Å². The van der Waals surface area contributed by atoms with Crippen LogP contribution in [0.3, 0.4) is 0 Å². The van der Waals surface area contributed by atoms with Crippen LogP contribution in [0.25, 0.3) is 0 Å². The maximum absolute atomic E-state index is 4.44. The van der Waals surface area contributed by atoms with E-state index in [1.807, 2.05) is 0 Å². The summed E-state index contributed by atoms with van der Waals surface area (Å²) >= 11 is 0. The first-order valence-electron chi connectivity index (χ1n) is 7.55. The van der Waals surface area contributed by atoms with Crippen molar-refractivity contribution in [1.29, 1.82) is 0 Å². The molecule has 2 unspecified atom stereocenters. The van der Waals surface area contributed by atoms with Gasteiger partial charge in [-0.25, -0.2) is 9.67 Å². The number of piperidine rings is 1. The molecule has 106 valence electrons. The molecule has 1 aromatic heterocycles. The van der Waals surface area contributed by atoms with Crippen molar-refractivity contribution in [3.8, 4) is 0 Å². The molecule has 0 aliphatic carbocycles. The molecule has 2 atom stereocenters. The van der Waals surface area contributed by atoms with E-state index in [2.05, 4.69) is 38.8 Å². The molecule has 3 rings (SSSR count). The normalized spacial score (nSPS) is 27.9. The van der Waals surface area contributed by atoms with Crippen LogP contribution < -0.4 is 5.32 Å². The first-order chi connectivity index (χ1) is 9.22. The van der Waals surface area contributed by atoms with Gasteiger partial charge in [-0.15, -0.1) is 0 Å². The maximum Gasteiger partial charge on any atom is 0.141 e. The number of likely N-dealkylation sites (tertiary alicyclic amines) is 1. The molecule has 0 aromatic carbocycles. The fourth-order valence-electron chi connectivity index (χ4n) is 3.38. The summed E-state index contributed by atoms with van der Waals surface area (Å²) in [6.45, 7) is 9.97. The number of nitrogens with one attached hydrogen (secondary N) is 1. The first kappa shape index (κ1) is 13.1. The highest BCUT2D eigenvalue weighted by Gasteiger charge is 2.32. The molecule has 0 saturated carbocycles. The third-order valence-electron chi connectivity index (χ3n) is 4.34. The first-order valence-corrected chi connectivity index (χ1v) is 7.55. The van der Waals surface area contributed by atoms with Gasteiger partial charge in [0.2, 0.25) is 0 Å². The van der Waals surface area contributed by atoms with Gasteiger partial charge in [-0.2, -0.15) is 5.10 Å². The maximum atomic E-state index is 4.44. The van der Waals surface area contributed by atoms with Crippen molar-refractivity contribution in [1.82, 2.24) is 25.0 Å². The highest BCUT2D eigenvalue weighted by Crippen LogP contribution is 2.25.